The third kappa shape index (κ3) is 0.649. The summed E-state index contributed by atoms with van der Waals surface area (Å²) in [6, 6.07) is 0. The molecule has 0 aromatic carbocycles. The van der Waals surface area contributed by atoms with E-state index in [9.17, 15) is 30.6 Å². The van der Waals surface area contributed by atoms with E-state index in [0.29, 0.717) is 0 Å². The lowest BCUT2D eigenvalue weighted by molar-refractivity contribution is -0.383. The van der Waals surface area contributed by atoms with Crippen molar-refractivity contribution >= 4 is 0 Å². The molecule has 6 N–H and O–H groups in total. The highest BCUT2D eigenvalue weighted by molar-refractivity contribution is 5.45. The summed E-state index contributed by atoms with van der Waals surface area (Å²) in [5.41, 5.74) is -7.68. The van der Waals surface area contributed by atoms with Gasteiger partial charge in [-0.05, 0) is 19.8 Å². The van der Waals surface area contributed by atoms with Gasteiger partial charge in [0.1, 0.15) is 22.4 Å². The first-order chi connectivity index (χ1) is 8.15. The van der Waals surface area contributed by atoms with Crippen molar-refractivity contribution in [2.75, 3.05) is 0 Å². The normalized spacial score (nSPS) is 76.5. The number of aliphatic hydroxyl groups is 6. The van der Waals surface area contributed by atoms with Crippen molar-refractivity contribution < 1.29 is 30.6 Å². The summed E-state index contributed by atoms with van der Waals surface area (Å²) in [7, 11) is 0. The highest BCUT2D eigenvalue weighted by atomic mass is 16.4. The van der Waals surface area contributed by atoms with Crippen LogP contribution in [-0.2, 0) is 0 Å². The van der Waals surface area contributed by atoms with E-state index in [-0.39, 0.29) is 12.8 Å². The van der Waals surface area contributed by atoms with Gasteiger partial charge >= 0.3 is 0 Å². The van der Waals surface area contributed by atoms with Gasteiger partial charge in [-0.1, -0.05) is 0 Å². The molecule has 0 aromatic rings. The zero-order chi connectivity index (χ0) is 13.3. The predicted octanol–water partition coefficient (Wildman–Crippen LogP) is -2.66. The molecule has 0 heterocycles. The van der Waals surface area contributed by atoms with E-state index >= 15 is 0 Å². The molecule has 5 fully saturated rings. The standard InChI is InChI=1S/C12H18O6/c1-9(15)10(16)4-2-7(14)11(17)5(3-6(10)13)8(4)12(9,11)18/h4-8,13-18H,2-3H2,1H3. The maximum Gasteiger partial charge on any atom is 0.131 e. The van der Waals surface area contributed by atoms with Gasteiger partial charge in [0.05, 0.1) is 12.2 Å². The second-order valence-corrected chi connectivity index (χ2v) is 6.73. The van der Waals surface area contributed by atoms with Gasteiger partial charge in [-0.15, -0.1) is 0 Å². The smallest absolute Gasteiger partial charge is 0.131 e. The Balaban J connectivity index is 2.04. The minimum absolute atomic E-state index is 0.0870. The van der Waals surface area contributed by atoms with Crippen LogP contribution in [0.5, 0.6) is 0 Å². The van der Waals surface area contributed by atoms with Crippen LogP contribution < -0.4 is 0 Å². The molecule has 5 aliphatic carbocycles. The second kappa shape index (κ2) is 2.51. The van der Waals surface area contributed by atoms with Crippen molar-refractivity contribution in [1.82, 2.24) is 0 Å². The van der Waals surface area contributed by atoms with Gasteiger partial charge in [0.2, 0.25) is 0 Å². The number of rotatable bonds is 0. The minimum Gasteiger partial charge on any atom is -0.390 e. The lowest BCUT2D eigenvalue weighted by Crippen LogP contribution is -2.85. The quantitative estimate of drug-likeness (QED) is 0.282. The van der Waals surface area contributed by atoms with E-state index in [1.54, 1.807) is 0 Å². The maximum absolute atomic E-state index is 10.7. The fourth-order valence-corrected chi connectivity index (χ4v) is 5.81. The van der Waals surface area contributed by atoms with Crippen molar-refractivity contribution in [1.29, 1.82) is 0 Å². The summed E-state index contributed by atoms with van der Waals surface area (Å²) in [5.74, 6) is -1.52. The molecule has 9 atom stereocenters. The largest absolute Gasteiger partial charge is 0.390 e. The van der Waals surface area contributed by atoms with Gasteiger partial charge in [0.15, 0.2) is 0 Å². The van der Waals surface area contributed by atoms with Gasteiger partial charge in [0, 0.05) is 17.8 Å². The van der Waals surface area contributed by atoms with Crippen LogP contribution in [0.3, 0.4) is 0 Å². The summed E-state index contributed by atoms with van der Waals surface area (Å²) in [4.78, 5) is 0. The van der Waals surface area contributed by atoms with Crippen molar-refractivity contribution in [2.45, 2.75) is 54.4 Å². The first-order valence-corrected chi connectivity index (χ1v) is 6.40. The van der Waals surface area contributed by atoms with Gasteiger partial charge in [-0.2, -0.15) is 0 Å². The fraction of sp³-hybridized carbons (Fsp3) is 1.00. The van der Waals surface area contributed by atoms with Crippen LogP contribution in [0.2, 0.25) is 0 Å². The average molecular weight is 258 g/mol. The molecular weight excluding hydrogens is 240 g/mol. The van der Waals surface area contributed by atoms with Crippen molar-refractivity contribution in [3.8, 4) is 0 Å². The molecule has 9 unspecified atom stereocenters. The van der Waals surface area contributed by atoms with E-state index in [2.05, 4.69) is 0 Å². The number of hydrogen-bond acceptors (Lipinski definition) is 6. The second-order valence-electron chi connectivity index (χ2n) is 6.73. The van der Waals surface area contributed by atoms with Gasteiger partial charge in [-0.25, -0.2) is 0 Å². The Kier molecular flexibility index (Phi) is 1.61. The molecule has 5 saturated carbocycles. The van der Waals surface area contributed by atoms with Crippen LogP contribution in [-0.4, -0.2) is 65.3 Å². The lowest BCUT2D eigenvalue weighted by atomic mass is 9.40. The Morgan fingerprint density at radius 3 is 1.83 bits per heavy atom. The molecule has 5 rings (SSSR count). The zero-order valence-electron chi connectivity index (χ0n) is 9.98. The van der Waals surface area contributed by atoms with Crippen LogP contribution in [0.15, 0.2) is 0 Å². The van der Waals surface area contributed by atoms with Crippen LogP contribution in [0, 0.1) is 17.8 Å². The topological polar surface area (TPSA) is 121 Å². The van der Waals surface area contributed by atoms with Crippen LogP contribution >= 0.6 is 0 Å². The van der Waals surface area contributed by atoms with E-state index in [4.69, 9.17) is 0 Å². The molecule has 0 aliphatic heterocycles. The van der Waals surface area contributed by atoms with Crippen LogP contribution in [0.4, 0.5) is 0 Å². The predicted molar refractivity (Wildman–Crippen MR) is 57.2 cm³/mol. The van der Waals surface area contributed by atoms with Gasteiger partial charge in [-0.3, -0.25) is 0 Å². The lowest BCUT2D eigenvalue weighted by Gasteiger charge is -2.69. The number of hydrogen-bond donors (Lipinski definition) is 6. The highest BCUT2D eigenvalue weighted by Crippen LogP contribution is 2.78. The summed E-state index contributed by atoms with van der Waals surface area (Å²) >= 11 is 0. The van der Waals surface area contributed by atoms with E-state index in [1.165, 1.54) is 6.92 Å². The third-order valence-electron chi connectivity index (χ3n) is 6.58. The Labute approximate surface area is 103 Å². The summed E-state index contributed by atoms with van der Waals surface area (Å²) in [6.45, 7) is 1.24. The van der Waals surface area contributed by atoms with Crippen LogP contribution in [0.25, 0.3) is 0 Å². The Hall–Kier alpha value is -0.240. The van der Waals surface area contributed by atoms with Crippen molar-refractivity contribution in [3.63, 3.8) is 0 Å². The molecule has 0 spiro atoms. The molecule has 0 radical (unpaired) electrons. The SMILES string of the molecule is CC1(O)C2(O)C(O)CC3C4C2CC(O)C3(O)C41O. The molecule has 0 aromatic heterocycles. The first kappa shape index (κ1) is 11.6. The molecule has 6 nitrogen and oxygen atoms in total. The molecule has 102 valence electrons. The molecule has 6 bridgehead atoms. The average Bonchev–Trinajstić information content (AvgIpc) is 2.33. The van der Waals surface area contributed by atoms with E-state index in [1.807, 2.05) is 0 Å². The van der Waals surface area contributed by atoms with Crippen molar-refractivity contribution in [2.24, 2.45) is 17.8 Å². The molecular formula is C12H18O6. The molecule has 6 heteroatoms. The van der Waals surface area contributed by atoms with Crippen LogP contribution in [0.1, 0.15) is 19.8 Å². The number of fused-ring (bicyclic) bond motifs is 1. The summed E-state index contributed by atoms with van der Waals surface area (Å²) in [5, 5.41) is 62.8. The molecule has 0 saturated heterocycles. The molecule has 18 heavy (non-hydrogen) atoms. The Morgan fingerprint density at radius 1 is 0.833 bits per heavy atom. The summed E-state index contributed by atoms with van der Waals surface area (Å²) < 4.78 is 0. The summed E-state index contributed by atoms with van der Waals surface area (Å²) in [6.07, 6.45) is -2.21. The third-order valence-corrected chi connectivity index (χ3v) is 6.58. The maximum atomic E-state index is 10.7. The number of aliphatic hydroxyl groups excluding tert-OH is 2. The Bertz CT molecular complexity index is 452. The van der Waals surface area contributed by atoms with E-state index in [0.717, 1.165) is 0 Å². The Morgan fingerprint density at radius 2 is 1.28 bits per heavy atom. The van der Waals surface area contributed by atoms with Crippen molar-refractivity contribution in [3.05, 3.63) is 0 Å². The van der Waals surface area contributed by atoms with Gasteiger partial charge in [0.25, 0.3) is 0 Å². The fourth-order valence-electron chi connectivity index (χ4n) is 5.81. The zero-order valence-corrected chi connectivity index (χ0v) is 9.98. The molecule has 5 aliphatic rings. The van der Waals surface area contributed by atoms with Gasteiger partial charge < -0.3 is 30.6 Å². The van der Waals surface area contributed by atoms with E-state index < -0.39 is 52.4 Å². The monoisotopic (exact) mass is 258 g/mol. The molecule has 0 amide bonds. The first-order valence-electron chi connectivity index (χ1n) is 6.40. The minimum atomic E-state index is -2.03. The highest BCUT2D eigenvalue weighted by Gasteiger charge is 2.95.